The molecule has 0 radical (unpaired) electrons. The number of benzene rings is 2. The number of nitrogens with one attached hydrogen (secondary N) is 2. The van der Waals surface area contributed by atoms with Crippen molar-refractivity contribution in [2.75, 3.05) is 18.5 Å². The number of allylic oxidation sites excluding steroid dienone is 1. The third-order valence-corrected chi connectivity index (χ3v) is 3.75. The Labute approximate surface area is 141 Å². The molecule has 3 rings (SSSR count). The number of rotatable bonds is 8. The van der Waals surface area contributed by atoms with Crippen LogP contribution in [0, 0.1) is 0 Å². The van der Waals surface area contributed by atoms with E-state index >= 15 is 0 Å². The van der Waals surface area contributed by atoms with Gasteiger partial charge in [0.25, 0.3) is 0 Å². The maximum Gasteiger partial charge on any atom is 0.122 e. The SMILES string of the molecule is C=CCc1ccccc1OCC(O)CNc1ccc2cn[nH]c2c1. The van der Waals surface area contributed by atoms with Crippen molar-refractivity contribution in [1.29, 1.82) is 0 Å². The smallest absolute Gasteiger partial charge is 0.122 e. The van der Waals surface area contributed by atoms with Gasteiger partial charge in [-0.3, -0.25) is 5.10 Å². The number of anilines is 1. The van der Waals surface area contributed by atoms with E-state index in [1.54, 1.807) is 6.20 Å². The van der Waals surface area contributed by atoms with Gasteiger partial charge in [0.1, 0.15) is 18.5 Å². The number of aliphatic hydroxyl groups excluding tert-OH is 1. The highest BCUT2D eigenvalue weighted by molar-refractivity contribution is 5.81. The van der Waals surface area contributed by atoms with Gasteiger partial charge in [0.2, 0.25) is 0 Å². The number of aromatic amines is 1. The van der Waals surface area contributed by atoms with E-state index in [1.165, 1.54) is 0 Å². The van der Waals surface area contributed by atoms with Gasteiger partial charge in [0, 0.05) is 17.6 Å². The molecule has 0 fully saturated rings. The Kier molecular flexibility index (Phi) is 5.13. The molecule has 1 unspecified atom stereocenters. The summed E-state index contributed by atoms with van der Waals surface area (Å²) >= 11 is 0. The molecule has 3 aromatic rings. The van der Waals surface area contributed by atoms with Crippen LogP contribution in [-0.4, -0.2) is 34.6 Å². The highest BCUT2D eigenvalue weighted by Gasteiger charge is 2.08. The molecule has 0 aliphatic carbocycles. The summed E-state index contributed by atoms with van der Waals surface area (Å²) in [6.07, 6.45) is 3.75. The molecule has 3 N–H and O–H groups in total. The quantitative estimate of drug-likeness (QED) is 0.557. The Hall–Kier alpha value is -2.79. The fraction of sp³-hybridized carbons (Fsp3) is 0.211. The van der Waals surface area contributed by atoms with E-state index in [-0.39, 0.29) is 6.61 Å². The topological polar surface area (TPSA) is 70.2 Å². The van der Waals surface area contributed by atoms with E-state index in [2.05, 4.69) is 22.1 Å². The molecule has 0 amide bonds. The van der Waals surface area contributed by atoms with Crippen LogP contribution in [0.5, 0.6) is 5.75 Å². The van der Waals surface area contributed by atoms with Gasteiger partial charge in [0.05, 0.1) is 11.7 Å². The lowest BCUT2D eigenvalue weighted by atomic mass is 10.1. The summed E-state index contributed by atoms with van der Waals surface area (Å²) in [6, 6.07) is 13.7. The molecule has 2 aromatic carbocycles. The fourth-order valence-corrected chi connectivity index (χ4v) is 2.50. The van der Waals surface area contributed by atoms with Crippen LogP contribution in [0.2, 0.25) is 0 Å². The predicted molar refractivity (Wildman–Crippen MR) is 96.4 cm³/mol. The maximum absolute atomic E-state index is 10.1. The number of H-pyrrole nitrogens is 1. The average Bonchev–Trinajstić information content (AvgIpc) is 3.07. The number of aromatic nitrogens is 2. The van der Waals surface area contributed by atoms with Gasteiger partial charge in [-0.25, -0.2) is 0 Å². The van der Waals surface area contributed by atoms with Crippen molar-refractivity contribution >= 4 is 16.6 Å². The van der Waals surface area contributed by atoms with Crippen molar-refractivity contribution in [3.05, 3.63) is 66.9 Å². The number of nitrogens with zero attached hydrogens (tertiary/aromatic N) is 1. The van der Waals surface area contributed by atoms with Crippen molar-refractivity contribution in [3.63, 3.8) is 0 Å². The lowest BCUT2D eigenvalue weighted by Crippen LogP contribution is -2.26. The summed E-state index contributed by atoms with van der Waals surface area (Å²) < 4.78 is 5.74. The minimum absolute atomic E-state index is 0.230. The van der Waals surface area contributed by atoms with Crippen LogP contribution in [0.3, 0.4) is 0 Å². The second-order valence-electron chi connectivity index (χ2n) is 5.62. The van der Waals surface area contributed by atoms with Gasteiger partial charge >= 0.3 is 0 Å². The largest absolute Gasteiger partial charge is 0.491 e. The van der Waals surface area contributed by atoms with Crippen molar-refractivity contribution in [3.8, 4) is 5.75 Å². The average molecular weight is 323 g/mol. The van der Waals surface area contributed by atoms with Crippen molar-refractivity contribution in [1.82, 2.24) is 10.2 Å². The molecule has 0 bridgehead atoms. The van der Waals surface area contributed by atoms with Gasteiger partial charge in [-0.1, -0.05) is 24.3 Å². The van der Waals surface area contributed by atoms with Gasteiger partial charge in [-0.05, 0) is 36.2 Å². The fourth-order valence-electron chi connectivity index (χ4n) is 2.50. The van der Waals surface area contributed by atoms with Crippen LogP contribution < -0.4 is 10.1 Å². The molecule has 0 saturated heterocycles. The number of aliphatic hydroxyl groups is 1. The van der Waals surface area contributed by atoms with Crippen LogP contribution in [-0.2, 0) is 6.42 Å². The Morgan fingerprint density at radius 3 is 3.04 bits per heavy atom. The molecule has 0 spiro atoms. The van der Waals surface area contributed by atoms with E-state index in [4.69, 9.17) is 4.74 Å². The molecule has 0 aliphatic heterocycles. The van der Waals surface area contributed by atoms with Crippen LogP contribution in [0.1, 0.15) is 5.56 Å². The van der Waals surface area contributed by atoms with E-state index in [1.807, 2.05) is 48.5 Å². The van der Waals surface area contributed by atoms with Gasteiger partial charge < -0.3 is 15.2 Å². The summed E-state index contributed by atoms with van der Waals surface area (Å²) in [5, 5.41) is 21.3. The summed E-state index contributed by atoms with van der Waals surface area (Å²) in [7, 11) is 0. The lowest BCUT2D eigenvalue weighted by Gasteiger charge is -2.15. The zero-order valence-corrected chi connectivity index (χ0v) is 13.4. The molecular formula is C19H21N3O2. The summed E-state index contributed by atoms with van der Waals surface area (Å²) in [6.45, 7) is 4.39. The van der Waals surface area contributed by atoms with Crippen LogP contribution in [0.25, 0.3) is 10.9 Å². The third-order valence-electron chi connectivity index (χ3n) is 3.75. The molecule has 0 saturated carbocycles. The number of hydrogen-bond acceptors (Lipinski definition) is 4. The first kappa shape index (κ1) is 16.1. The van der Waals surface area contributed by atoms with E-state index < -0.39 is 6.10 Å². The lowest BCUT2D eigenvalue weighted by molar-refractivity contribution is 0.117. The third kappa shape index (κ3) is 3.94. The normalized spacial score (nSPS) is 12.0. The number of ether oxygens (including phenoxy) is 1. The molecule has 5 heteroatoms. The first-order valence-corrected chi connectivity index (χ1v) is 7.93. The van der Waals surface area contributed by atoms with Crippen molar-refractivity contribution < 1.29 is 9.84 Å². The summed E-state index contributed by atoms with van der Waals surface area (Å²) in [4.78, 5) is 0. The molecule has 1 atom stereocenters. The number of hydrogen-bond donors (Lipinski definition) is 3. The van der Waals surface area contributed by atoms with Gasteiger partial charge in [-0.15, -0.1) is 6.58 Å². The van der Waals surface area contributed by atoms with Crippen molar-refractivity contribution in [2.24, 2.45) is 0 Å². The Balaban J connectivity index is 1.52. The minimum Gasteiger partial charge on any atom is -0.491 e. The number of para-hydroxylation sites is 1. The molecule has 1 heterocycles. The van der Waals surface area contributed by atoms with Gasteiger partial charge in [-0.2, -0.15) is 5.10 Å². The standard InChI is InChI=1S/C19H21N3O2/c1-2-5-14-6-3-4-7-19(14)24-13-17(23)12-20-16-9-8-15-11-21-22-18(15)10-16/h2-4,6-11,17,20,23H,1,5,12-13H2,(H,21,22). The van der Waals surface area contributed by atoms with Crippen LogP contribution in [0.4, 0.5) is 5.69 Å². The van der Waals surface area contributed by atoms with Crippen molar-refractivity contribution in [2.45, 2.75) is 12.5 Å². The monoisotopic (exact) mass is 323 g/mol. The molecular weight excluding hydrogens is 302 g/mol. The summed E-state index contributed by atoms with van der Waals surface area (Å²) in [5.41, 5.74) is 2.96. The Morgan fingerprint density at radius 1 is 1.29 bits per heavy atom. The van der Waals surface area contributed by atoms with Crippen LogP contribution in [0.15, 0.2) is 61.3 Å². The molecule has 0 aliphatic rings. The van der Waals surface area contributed by atoms with Gasteiger partial charge in [0.15, 0.2) is 0 Å². The second kappa shape index (κ2) is 7.66. The molecule has 1 aromatic heterocycles. The predicted octanol–water partition coefficient (Wildman–Crippen LogP) is 3.14. The zero-order valence-electron chi connectivity index (χ0n) is 13.4. The first-order valence-electron chi connectivity index (χ1n) is 7.93. The maximum atomic E-state index is 10.1. The van der Waals surface area contributed by atoms with Crippen LogP contribution >= 0.6 is 0 Å². The second-order valence-corrected chi connectivity index (χ2v) is 5.62. The first-order chi connectivity index (χ1) is 11.8. The molecule has 24 heavy (non-hydrogen) atoms. The van der Waals surface area contributed by atoms with E-state index in [0.29, 0.717) is 6.54 Å². The minimum atomic E-state index is -0.612. The van der Waals surface area contributed by atoms with E-state index in [9.17, 15) is 5.11 Å². The highest BCUT2D eigenvalue weighted by Crippen LogP contribution is 2.19. The van der Waals surface area contributed by atoms with E-state index in [0.717, 1.165) is 34.3 Å². The molecule has 5 nitrogen and oxygen atoms in total. The Bertz CT molecular complexity index is 813. The Morgan fingerprint density at radius 2 is 2.17 bits per heavy atom. The molecule has 124 valence electrons. The number of fused-ring (bicyclic) bond motifs is 1. The summed E-state index contributed by atoms with van der Waals surface area (Å²) in [5.74, 6) is 0.787. The highest BCUT2D eigenvalue weighted by atomic mass is 16.5. The zero-order chi connectivity index (χ0) is 16.8.